The predicted molar refractivity (Wildman–Crippen MR) is 62.4 cm³/mol. The predicted octanol–water partition coefficient (Wildman–Crippen LogP) is 1.62. The van der Waals surface area contributed by atoms with Gasteiger partial charge in [0, 0.05) is 19.6 Å². The van der Waals surface area contributed by atoms with Crippen molar-refractivity contribution in [2.75, 3.05) is 13.6 Å². The van der Waals surface area contributed by atoms with Crippen molar-refractivity contribution >= 4 is 5.91 Å². The lowest BCUT2D eigenvalue weighted by atomic mass is 9.76. The molecule has 3 atom stereocenters. The maximum absolute atomic E-state index is 12.2. The zero-order valence-corrected chi connectivity index (χ0v) is 10.2. The van der Waals surface area contributed by atoms with Crippen LogP contribution in [0.4, 0.5) is 0 Å². The summed E-state index contributed by atoms with van der Waals surface area (Å²) in [7, 11) is 1.89. The molecule has 1 aliphatic rings. The second-order valence-electron chi connectivity index (χ2n) is 4.86. The average Bonchev–Trinajstić information content (AvgIpc) is 2.17. The average molecular weight is 212 g/mol. The molecule has 1 rings (SSSR count). The van der Waals surface area contributed by atoms with Crippen molar-refractivity contribution in [3.63, 3.8) is 0 Å². The topological polar surface area (TPSA) is 46.3 Å². The highest BCUT2D eigenvalue weighted by Gasteiger charge is 2.35. The van der Waals surface area contributed by atoms with Crippen LogP contribution in [0.5, 0.6) is 0 Å². The number of hydrogen-bond donors (Lipinski definition) is 1. The Morgan fingerprint density at radius 2 is 2.13 bits per heavy atom. The van der Waals surface area contributed by atoms with Crippen LogP contribution < -0.4 is 5.73 Å². The molecule has 0 aliphatic heterocycles. The van der Waals surface area contributed by atoms with Gasteiger partial charge >= 0.3 is 0 Å². The molecule has 0 saturated heterocycles. The molecular formula is C12H24N2O. The van der Waals surface area contributed by atoms with Gasteiger partial charge in [-0.05, 0) is 25.2 Å². The van der Waals surface area contributed by atoms with Gasteiger partial charge in [0.15, 0.2) is 0 Å². The molecule has 2 N–H and O–H groups in total. The van der Waals surface area contributed by atoms with Gasteiger partial charge in [-0.1, -0.05) is 20.3 Å². The Morgan fingerprint density at radius 1 is 1.47 bits per heavy atom. The Balaban J connectivity index is 2.62. The van der Waals surface area contributed by atoms with Crippen LogP contribution >= 0.6 is 0 Å². The van der Waals surface area contributed by atoms with E-state index in [1.165, 1.54) is 6.42 Å². The van der Waals surface area contributed by atoms with Crippen molar-refractivity contribution in [2.45, 2.75) is 45.6 Å². The van der Waals surface area contributed by atoms with Gasteiger partial charge in [0.25, 0.3) is 0 Å². The number of nitrogens with zero attached hydrogens (tertiary/aromatic N) is 1. The summed E-state index contributed by atoms with van der Waals surface area (Å²) in [6.45, 7) is 5.09. The highest BCUT2D eigenvalue weighted by molar-refractivity contribution is 5.79. The van der Waals surface area contributed by atoms with Crippen LogP contribution in [0.25, 0.3) is 0 Å². The Labute approximate surface area is 93.0 Å². The van der Waals surface area contributed by atoms with Crippen molar-refractivity contribution in [3.05, 3.63) is 0 Å². The van der Waals surface area contributed by atoms with E-state index in [-0.39, 0.29) is 17.9 Å². The van der Waals surface area contributed by atoms with Gasteiger partial charge in [-0.15, -0.1) is 0 Å². The minimum atomic E-state index is 0.0512. The third-order valence-electron chi connectivity index (χ3n) is 3.49. The van der Waals surface area contributed by atoms with Crippen molar-refractivity contribution in [3.8, 4) is 0 Å². The molecule has 3 heteroatoms. The van der Waals surface area contributed by atoms with Crippen LogP contribution in [0.15, 0.2) is 0 Å². The third kappa shape index (κ3) is 2.94. The first kappa shape index (κ1) is 12.5. The van der Waals surface area contributed by atoms with Crippen LogP contribution in [-0.2, 0) is 4.79 Å². The normalized spacial score (nSPS) is 31.3. The minimum absolute atomic E-state index is 0.0512. The molecule has 0 heterocycles. The Morgan fingerprint density at radius 3 is 2.67 bits per heavy atom. The summed E-state index contributed by atoms with van der Waals surface area (Å²) >= 11 is 0. The molecule has 0 aromatic carbocycles. The maximum Gasteiger partial charge on any atom is 0.227 e. The highest BCUT2D eigenvalue weighted by atomic mass is 16.2. The number of carbonyl (C=O) groups is 1. The van der Waals surface area contributed by atoms with E-state index in [1.54, 1.807) is 0 Å². The van der Waals surface area contributed by atoms with E-state index < -0.39 is 0 Å². The zero-order valence-electron chi connectivity index (χ0n) is 10.2. The van der Waals surface area contributed by atoms with Crippen LogP contribution in [0.1, 0.15) is 39.5 Å². The molecule has 0 aromatic heterocycles. The summed E-state index contributed by atoms with van der Waals surface area (Å²) in [4.78, 5) is 14.0. The van der Waals surface area contributed by atoms with E-state index in [1.807, 2.05) is 11.9 Å². The smallest absolute Gasteiger partial charge is 0.227 e. The minimum Gasteiger partial charge on any atom is -0.345 e. The van der Waals surface area contributed by atoms with E-state index in [2.05, 4.69) is 13.8 Å². The van der Waals surface area contributed by atoms with Gasteiger partial charge in [0.2, 0.25) is 5.91 Å². The van der Waals surface area contributed by atoms with Gasteiger partial charge in [-0.3, -0.25) is 4.79 Å². The molecule has 1 fully saturated rings. The monoisotopic (exact) mass is 212 g/mol. The first-order valence-corrected chi connectivity index (χ1v) is 6.08. The van der Waals surface area contributed by atoms with Gasteiger partial charge in [-0.25, -0.2) is 0 Å². The molecule has 1 amide bonds. The van der Waals surface area contributed by atoms with E-state index in [4.69, 9.17) is 5.73 Å². The fourth-order valence-corrected chi connectivity index (χ4v) is 2.58. The first-order chi connectivity index (χ1) is 7.07. The largest absolute Gasteiger partial charge is 0.345 e. The van der Waals surface area contributed by atoms with Crippen molar-refractivity contribution in [2.24, 2.45) is 17.6 Å². The van der Waals surface area contributed by atoms with Crippen LogP contribution in [-0.4, -0.2) is 30.4 Å². The molecule has 15 heavy (non-hydrogen) atoms. The van der Waals surface area contributed by atoms with Crippen molar-refractivity contribution in [1.29, 1.82) is 0 Å². The maximum atomic E-state index is 12.2. The summed E-state index contributed by atoms with van der Waals surface area (Å²) in [5.41, 5.74) is 6.06. The lowest BCUT2D eigenvalue weighted by Gasteiger charge is -2.35. The second kappa shape index (κ2) is 5.50. The molecule has 88 valence electrons. The standard InChI is InChI=1S/C12H24N2O/c1-4-8-14(3)12(15)11-9(2)6-5-7-10(11)13/h9-11H,4-8,13H2,1-3H3. The number of hydrogen-bond acceptors (Lipinski definition) is 2. The van der Waals surface area contributed by atoms with Gasteiger partial charge in [-0.2, -0.15) is 0 Å². The molecule has 3 unspecified atom stereocenters. The van der Waals surface area contributed by atoms with E-state index in [9.17, 15) is 4.79 Å². The Kier molecular flexibility index (Phi) is 4.58. The van der Waals surface area contributed by atoms with E-state index in [0.717, 1.165) is 25.8 Å². The fourth-order valence-electron chi connectivity index (χ4n) is 2.58. The second-order valence-corrected chi connectivity index (χ2v) is 4.86. The molecule has 0 spiro atoms. The number of carbonyl (C=O) groups excluding carboxylic acids is 1. The molecule has 1 saturated carbocycles. The first-order valence-electron chi connectivity index (χ1n) is 6.08. The molecular weight excluding hydrogens is 188 g/mol. The third-order valence-corrected chi connectivity index (χ3v) is 3.49. The number of rotatable bonds is 3. The Hall–Kier alpha value is -0.570. The SMILES string of the molecule is CCCN(C)C(=O)C1C(C)CCCC1N. The van der Waals surface area contributed by atoms with Gasteiger partial charge < -0.3 is 10.6 Å². The summed E-state index contributed by atoms with van der Waals surface area (Å²) in [5.74, 6) is 0.743. The molecule has 0 radical (unpaired) electrons. The van der Waals surface area contributed by atoms with Crippen molar-refractivity contribution in [1.82, 2.24) is 4.90 Å². The van der Waals surface area contributed by atoms with Gasteiger partial charge in [0.1, 0.15) is 0 Å². The van der Waals surface area contributed by atoms with Gasteiger partial charge in [0.05, 0.1) is 5.92 Å². The molecule has 0 bridgehead atoms. The zero-order chi connectivity index (χ0) is 11.4. The number of nitrogens with two attached hydrogens (primary N) is 1. The molecule has 0 aromatic rings. The Bertz CT molecular complexity index is 208. The van der Waals surface area contributed by atoms with Crippen LogP contribution in [0.2, 0.25) is 0 Å². The number of amides is 1. The summed E-state index contributed by atoms with van der Waals surface area (Å²) in [6.07, 6.45) is 4.33. The molecule has 3 nitrogen and oxygen atoms in total. The van der Waals surface area contributed by atoms with Crippen molar-refractivity contribution < 1.29 is 4.79 Å². The fraction of sp³-hybridized carbons (Fsp3) is 0.917. The summed E-state index contributed by atoms with van der Waals surface area (Å²) in [6, 6.07) is 0.0700. The lowest BCUT2D eigenvalue weighted by Crippen LogP contribution is -2.48. The van der Waals surface area contributed by atoms with E-state index >= 15 is 0 Å². The quantitative estimate of drug-likeness (QED) is 0.772. The summed E-state index contributed by atoms with van der Waals surface area (Å²) < 4.78 is 0. The van der Waals surface area contributed by atoms with E-state index in [0.29, 0.717) is 5.92 Å². The summed E-state index contributed by atoms with van der Waals surface area (Å²) in [5, 5.41) is 0. The van der Waals surface area contributed by atoms with Crippen LogP contribution in [0, 0.1) is 11.8 Å². The van der Waals surface area contributed by atoms with Crippen LogP contribution in [0.3, 0.4) is 0 Å². The lowest BCUT2D eigenvalue weighted by molar-refractivity contribution is -0.137. The molecule has 1 aliphatic carbocycles. The highest BCUT2D eigenvalue weighted by Crippen LogP contribution is 2.30.